The molecule has 0 aliphatic heterocycles. The zero-order valence-electron chi connectivity index (χ0n) is 14.1. The molecule has 5 nitrogen and oxygen atoms in total. The molecule has 2 aromatic rings. The first-order valence-corrected chi connectivity index (χ1v) is 8.47. The Morgan fingerprint density at radius 2 is 2.00 bits per heavy atom. The Hall–Kier alpha value is -2.28. The van der Waals surface area contributed by atoms with E-state index in [-0.39, 0.29) is 10.4 Å². The third kappa shape index (κ3) is 4.22. The number of rotatable bonds is 5. The van der Waals surface area contributed by atoms with Gasteiger partial charge in [-0.15, -0.1) is 0 Å². The number of carbonyl (C=O) groups is 2. The van der Waals surface area contributed by atoms with Crippen molar-refractivity contribution in [2.75, 3.05) is 4.90 Å². The van der Waals surface area contributed by atoms with E-state index in [0.717, 1.165) is 5.56 Å². The van der Waals surface area contributed by atoms with Crippen molar-refractivity contribution >= 4 is 39.2 Å². The Morgan fingerprint density at radius 3 is 2.56 bits per heavy atom. The van der Waals surface area contributed by atoms with Gasteiger partial charge in [0.25, 0.3) is 0 Å². The van der Waals surface area contributed by atoms with Crippen LogP contribution in [0.2, 0.25) is 0 Å². The molecule has 1 N–H and O–H groups in total. The molecule has 1 aromatic carbocycles. The molecule has 25 heavy (non-hydrogen) atoms. The van der Waals surface area contributed by atoms with Crippen LogP contribution in [0.1, 0.15) is 37.4 Å². The number of aryl methyl sites for hydroxylation is 1. The number of nitrogens with zero attached hydrogens (tertiary/aromatic N) is 2. The molecule has 7 heteroatoms. The fourth-order valence-corrected chi connectivity index (χ4v) is 2.88. The fraction of sp³-hybridized carbons (Fsp3) is 0.278. The van der Waals surface area contributed by atoms with E-state index in [1.54, 1.807) is 12.3 Å². The van der Waals surface area contributed by atoms with Crippen LogP contribution >= 0.6 is 15.9 Å². The summed E-state index contributed by atoms with van der Waals surface area (Å²) < 4.78 is 13.8. The van der Waals surface area contributed by atoms with Gasteiger partial charge in [0.05, 0.1) is 21.5 Å². The number of carbonyl (C=O) groups excluding carboxylic acids is 1. The maximum Gasteiger partial charge on any atom is 0.312 e. The molecule has 2 rings (SSSR count). The van der Waals surface area contributed by atoms with Gasteiger partial charge in [-0.05, 0) is 58.6 Å². The lowest BCUT2D eigenvalue weighted by molar-refractivity contribution is -0.139. The predicted molar refractivity (Wildman–Crippen MR) is 96.6 cm³/mol. The van der Waals surface area contributed by atoms with E-state index in [0.29, 0.717) is 17.1 Å². The molecule has 1 amide bonds. The molecule has 1 aromatic heterocycles. The number of hydrogen-bond acceptors (Lipinski definition) is 3. The Kier molecular flexibility index (Phi) is 5.89. The molecule has 0 radical (unpaired) electrons. The van der Waals surface area contributed by atoms with Crippen LogP contribution in [-0.2, 0) is 9.59 Å². The second-order valence-corrected chi connectivity index (χ2v) is 6.77. The number of aliphatic carboxylic acids is 1. The number of halogens is 2. The molecular formula is C18H18BrFN2O3. The molecule has 0 aliphatic carbocycles. The molecule has 1 heterocycles. The molecular weight excluding hydrogens is 391 g/mol. The average molecular weight is 409 g/mol. The fourth-order valence-electron chi connectivity index (χ4n) is 2.52. The van der Waals surface area contributed by atoms with Crippen LogP contribution in [-0.4, -0.2) is 22.0 Å². The van der Waals surface area contributed by atoms with Crippen molar-refractivity contribution in [3.8, 4) is 0 Å². The second kappa shape index (κ2) is 7.74. The molecule has 132 valence electrons. The Morgan fingerprint density at radius 1 is 1.32 bits per heavy atom. The third-order valence-electron chi connectivity index (χ3n) is 3.64. The van der Waals surface area contributed by atoms with Crippen molar-refractivity contribution in [3.05, 3.63) is 52.0 Å². The minimum atomic E-state index is -1.23. The van der Waals surface area contributed by atoms with Crippen LogP contribution in [0.15, 0.2) is 34.9 Å². The number of amides is 1. The van der Waals surface area contributed by atoms with Crippen molar-refractivity contribution in [2.24, 2.45) is 0 Å². The van der Waals surface area contributed by atoms with Crippen LogP contribution < -0.4 is 4.90 Å². The van der Waals surface area contributed by atoms with Gasteiger partial charge in [0.15, 0.2) is 0 Å². The van der Waals surface area contributed by atoms with Crippen molar-refractivity contribution in [3.63, 3.8) is 0 Å². The molecule has 0 saturated heterocycles. The number of carboxylic acids is 1. The lowest BCUT2D eigenvalue weighted by Crippen LogP contribution is -2.30. The van der Waals surface area contributed by atoms with Gasteiger partial charge in [-0.25, -0.2) is 4.39 Å². The maximum atomic E-state index is 13.6. The van der Waals surface area contributed by atoms with E-state index in [4.69, 9.17) is 5.11 Å². The van der Waals surface area contributed by atoms with Crippen LogP contribution in [0.3, 0.4) is 0 Å². The van der Waals surface area contributed by atoms with Gasteiger partial charge in [-0.2, -0.15) is 0 Å². The highest BCUT2D eigenvalue weighted by Gasteiger charge is 2.26. The molecule has 0 bridgehead atoms. The van der Waals surface area contributed by atoms with Gasteiger partial charge in [0.1, 0.15) is 12.2 Å². The molecule has 0 fully saturated rings. The number of anilines is 2. The summed E-state index contributed by atoms with van der Waals surface area (Å²) in [6, 6.07) is 5.87. The SMILES string of the molecule is Cc1ccnc(C(C)C)c1N(C(=O)CC(=O)O)c1ccc(F)c(Br)c1. The van der Waals surface area contributed by atoms with Crippen LogP contribution in [0.5, 0.6) is 0 Å². The normalized spacial score (nSPS) is 10.8. The summed E-state index contributed by atoms with van der Waals surface area (Å²) >= 11 is 3.11. The highest BCUT2D eigenvalue weighted by Crippen LogP contribution is 2.36. The summed E-state index contributed by atoms with van der Waals surface area (Å²) in [6.07, 6.45) is 0.968. The third-order valence-corrected chi connectivity index (χ3v) is 4.25. The first kappa shape index (κ1) is 19.1. The molecule has 0 unspecified atom stereocenters. The molecule has 0 atom stereocenters. The van der Waals surface area contributed by atoms with Crippen molar-refractivity contribution in [2.45, 2.75) is 33.1 Å². The zero-order valence-corrected chi connectivity index (χ0v) is 15.7. The van der Waals surface area contributed by atoms with Crippen molar-refractivity contribution < 1.29 is 19.1 Å². The standard InChI is InChI=1S/C18H18BrFN2O3/c1-10(2)17-18(11(3)6-7-21-17)22(15(23)9-16(24)25)12-4-5-14(20)13(19)8-12/h4-8,10H,9H2,1-3H3,(H,24,25). The summed E-state index contributed by atoms with van der Waals surface area (Å²) in [5.41, 5.74) is 2.34. The second-order valence-electron chi connectivity index (χ2n) is 5.91. The van der Waals surface area contributed by atoms with Gasteiger partial charge in [-0.3, -0.25) is 19.5 Å². The number of aromatic nitrogens is 1. The molecule has 0 saturated carbocycles. The van der Waals surface area contributed by atoms with Gasteiger partial charge in [0, 0.05) is 6.20 Å². The highest BCUT2D eigenvalue weighted by atomic mass is 79.9. The number of hydrogen-bond donors (Lipinski definition) is 1. The van der Waals surface area contributed by atoms with Gasteiger partial charge >= 0.3 is 5.97 Å². The van der Waals surface area contributed by atoms with Crippen molar-refractivity contribution in [1.82, 2.24) is 4.98 Å². The Bertz CT molecular complexity index is 824. The zero-order chi connectivity index (χ0) is 18.7. The monoisotopic (exact) mass is 408 g/mol. The highest BCUT2D eigenvalue weighted by molar-refractivity contribution is 9.10. The van der Waals surface area contributed by atoms with E-state index in [9.17, 15) is 14.0 Å². The lowest BCUT2D eigenvalue weighted by Gasteiger charge is -2.27. The Balaban J connectivity index is 2.70. The maximum absolute atomic E-state index is 13.6. The van der Waals surface area contributed by atoms with Crippen LogP contribution in [0.4, 0.5) is 15.8 Å². The van der Waals surface area contributed by atoms with E-state index in [2.05, 4.69) is 20.9 Å². The number of carboxylic acid groups (broad SMARTS) is 1. The minimum absolute atomic E-state index is 0.0129. The summed E-state index contributed by atoms with van der Waals surface area (Å²) in [6.45, 7) is 5.69. The first-order chi connectivity index (χ1) is 11.7. The summed E-state index contributed by atoms with van der Waals surface area (Å²) in [5, 5.41) is 9.04. The largest absolute Gasteiger partial charge is 0.481 e. The Labute approximate surface area is 153 Å². The smallest absolute Gasteiger partial charge is 0.312 e. The summed E-state index contributed by atoms with van der Waals surface area (Å²) in [7, 11) is 0. The van der Waals surface area contributed by atoms with Crippen LogP contribution in [0, 0.1) is 12.7 Å². The van der Waals surface area contributed by atoms with E-state index < -0.39 is 24.1 Å². The van der Waals surface area contributed by atoms with E-state index in [1.165, 1.54) is 23.1 Å². The van der Waals surface area contributed by atoms with Gasteiger partial charge in [0.2, 0.25) is 5.91 Å². The number of benzene rings is 1. The lowest BCUT2D eigenvalue weighted by atomic mass is 10.0. The first-order valence-electron chi connectivity index (χ1n) is 7.67. The average Bonchev–Trinajstić information content (AvgIpc) is 2.51. The minimum Gasteiger partial charge on any atom is -0.481 e. The summed E-state index contributed by atoms with van der Waals surface area (Å²) in [5.74, 6) is -2.31. The van der Waals surface area contributed by atoms with E-state index in [1.807, 2.05) is 20.8 Å². The summed E-state index contributed by atoms with van der Waals surface area (Å²) in [4.78, 5) is 29.4. The molecule has 0 spiro atoms. The topological polar surface area (TPSA) is 70.5 Å². The van der Waals surface area contributed by atoms with Gasteiger partial charge in [-0.1, -0.05) is 13.8 Å². The van der Waals surface area contributed by atoms with E-state index >= 15 is 0 Å². The number of pyridine rings is 1. The van der Waals surface area contributed by atoms with Crippen LogP contribution in [0.25, 0.3) is 0 Å². The van der Waals surface area contributed by atoms with Gasteiger partial charge < -0.3 is 5.11 Å². The molecule has 0 aliphatic rings. The van der Waals surface area contributed by atoms with Crippen molar-refractivity contribution in [1.29, 1.82) is 0 Å². The quantitative estimate of drug-likeness (QED) is 0.736. The predicted octanol–water partition coefficient (Wildman–Crippen LogP) is 4.55.